The lowest BCUT2D eigenvalue weighted by atomic mass is 9.99. The Morgan fingerprint density at radius 2 is 1.58 bits per heavy atom. The van der Waals surface area contributed by atoms with Crippen LogP contribution in [0.2, 0.25) is 10.0 Å². The Bertz CT molecular complexity index is 893. The maximum Gasteiger partial charge on any atom is 0.417 e. The highest BCUT2D eigenvalue weighted by Gasteiger charge is 2.36. The van der Waals surface area contributed by atoms with E-state index in [-0.39, 0.29) is 5.56 Å². The van der Waals surface area contributed by atoms with Crippen LogP contribution in [-0.4, -0.2) is 12.0 Å². The first-order chi connectivity index (χ1) is 12.2. The SMILES string of the molecule is O=C(C=C(c1cc(Cl)c(F)c(Cl)c1)C(F)(F)F)c1ccc2c(c1)CCC2. The molecule has 0 fully saturated rings. The van der Waals surface area contributed by atoms with Crippen LogP contribution in [0, 0.1) is 5.82 Å². The minimum absolute atomic E-state index is 0.173. The molecule has 0 radical (unpaired) electrons. The molecule has 0 unspecified atom stereocenters. The van der Waals surface area contributed by atoms with Gasteiger partial charge in [-0.05, 0) is 60.2 Å². The lowest BCUT2D eigenvalue weighted by Crippen LogP contribution is -2.13. The maximum atomic E-state index is 13.5. The normalized spacial score (nSPS) is 14.5. The molecule has 0 saturated carbocycles. The minimum atomic E-state index is -4.84. The molecule has 0 bridgehead atoms. The second-order valence-electron chi connectivity index (χ2n) is 6.01. The first-order valence-corrected chi connectivity index (χ1v) is 8.52. The summed E-state index contributed by atoms with van der Waals surface area (Å²) < 4.78 is 53.9. The van der Waals surface area contributed by atoms with E-state index in [1.165, 1.54) is 6.07 Å². The van der Waals surface area contributed by atoms with Crippen LogP contribution in [0.4, 0.5) is 17.6 Å². The van der Waals surface area contributed by atoms with Crippen molar-refractivity contribution in [3.8, 4) is 0 Å². The van der Waals surface area contributed by atoms with Gasteiger partial charge in [-0.25, -0.2) is 4.39 Å². The predicted octanol–water partition coefficient (Wildman–Crippen LogP) is 6.45. The number of carbonyl (C=O) groups excluding carboxylic acids is 1. The van der Waals surface area contributed by atoms with E-state index in [0.29, 0.717) is 6.08 Å². The van der Waals surface area contributed by atoms with E-state index in [4.69, 9.17) is 23.2 Å². The first-order valence-electron chi connectivity index (χ1n) is 7.77. The summed E-state index contributed by atoms with van der Waals surface area (Å²) in [5, 5.41) is -1.10. The van der Waals surface area contributed by atoms with E-state index in [9.17, 15) is 22.4 Å². The number of ketones is 1. The fourth-order valence-corrected chi connectivity index (χ4v) is 3.47. The van der Waals surface area contributed by atoms with Gasteiger partial charge in [0.2, 0.25) is 0 Å². The van der Waals surface area contributed by atoms with Gasteiger partial charge >= 0.3 is 6.18 Å². The molecule has 0 spiro atoms. The van der Waals surface area contributed by atoms with Crippen molar-refractivity contribution in [3.63, 3.8) is 0 Å². The van der Waals surface area contributed by atoms with Crippen LogP contribution in [0.25, 0.3) is 5.57 Å². The van der Waals surface area contributed by atoms with Gasteiger partial charge in [0.1, 0.15) is 0 Å². The van der Waals surface area contributed by atoms with E-state index >= 15 is 0 Å². The van der Waals surface area contributed by atoms with Crippen LogP contribution >= 0.6 is 23.2 Å². The Hall–Kier alpha value is -1.85. The van der Waals surface area contributed by atoms with Gasteiger partial charge in [0, 0.05) is 5.56 Å². The molecule has 1 nitrogen and oxygen atoms in total. The highest BCUT2D eigenvalue weighted by atomic mass is 35.5. The predicted molar refractivity (Wildman–Crippen MR) is 93.2 cm³/mol. The average molecular weight is 403 g/mol. The summed E-state index contributed by atoms with van der Waals surface area (Å²) in [6, 6.07) is 6.51. The highest BCUT2D eigenvalue weighted by Crippen LogP contribution is 2.37. The molecule has 26 heavy (non-hydrogen) atoms. The summed E-state index contributed by atoms with van der Waals surface area (Å²) in [6.45, 7) is 0. The first kappa shape index (κ1) is 18.9. The van der Waals surface area contributed by atoms with E-state index in [1.807, 2.05) is 0 Å². The van der Waals surface area contributed by atoms with Crippen molar-refractivity contribution in [2.75, 3.05) is 0 Å². The Kier molecular flexibility index (Phi) is 5.13. The molecule has 1 aliphatic rings. The molecule has 0 N–H and O–H groups in total. The number of allylic oxidation sites excluding steroid dienone is 2. The maximum absolute atomic E-state index is 13.5. The largest absolute Gasteiger partial charge is 0.417 e. The van der Waals surface area contributed by atoms with Crippen molar-refractivity contribution in [2.24, 2.45) is 0 Å². The number of hydrogen-bond acceptors (Lipinski definition) is 1. The van der Waals surface area contributed by atoms with Gasteiger partial charge in [-0.2, -0.15) is 13.2 Å². The Morgan fingerprint density at radius 1 is 0.962 bits per heavy atom. The highest BCUT2D eigenvalue weighted by molar-refractivity contribution is 6.35. The summed E-state index contributed by atoms with van der Waals surface area (Å²) in [7, 11) is 0. The molecule has 1 aliphatic carbocycles. The zero-order valence-electron chi connectivity index (χ0n) is 13.3. The van der Waals surface area contributed by atoms with Crippen LogP contribution in [0.1, 0.15) is 33.5 Å². The number of aryl methyl sites for hydroxylation is 2. The zero-order chi connectivity index (χ0) is 19.1. The van der Waals surface area contributed by atoms with Gasteiger partial charge in [0.15, 0.2) is 11.6 Å². The molecule has 0 saturated heterocycles. The summed E-state index contributed by atoms with van der Waals surface area (Å²) in [5.41, 5.74) is 0.561. The van der Waals surface area contributed by atoms with Gasteiger partial charge in [-0.1, -0.05) is 35.3 Å². The quantitative estimate of drug-likeness (QED) is 0.249. The van der Waals surface area contributed by atoms with Crippen LogP contribution in [-0.2, 0) is 12.8 Å². The molecule has 0 heterocycles. The Labute approximate surface area is 157 Å². The minimum Gasteiger partial charge on any atom is -0.289 e. The van der Waals surface area contributed by atoms with Crippen LogP contribution in [0.15, 0.2) is 36.4 Å². The fraction of sp³-hybridized carbons (Fsp3) is 0.211. The molecule has 0 amide bonds. The topological polar surface area (TPSA) is 17.1 Å². The number of benzene rings is 2. The molecular weight excluding hydrogens is 391 g/mol. The molecule has 7 heteroatoms. The standard InChI is InChI=1S/C19H12Cl2F4O/c20-15-7-13(8-16(21)18(15)22)14(19(23,24)25)9-17(26)12-5-4-10-2-1-3-11(10)6-12/h4-9H,1-3H2. The number of rotatable bonds is 3. The number of fused-ring (bicyclic) bond motifs is 1. The van der Waals surface area contributed by atoms with Crippen molar-refractivity contribution < 1.29 is 22.4 Å². The second kappa shape index (κ2) is 7.05. The third kappa shape index (κ3) is 3.79. The van der Waals surface area contributed by atoms with Crippen molar-refractivity contribution in [3.05, 3.63) is 74.5 Å². The van der Waals surface area contributed by atoms with Crippen LogP contribution in [0.5, 0.6) is 0 Å². The molecule has 136 valence electrons. The van der Waals surface area contributed by atoms with Gasteiger partial charge in [0.05, 0.1) is 15.6 Å². The van der Waals surface area contributed by atoms with E-state index in [2.05, 4.69) is 0 Å². The van der Waals surface area contributed by atoms with Gasteiger partial charge < -0.3 is 0 Å². The van der Waals surface area contributed by atoms with Crippen molar-refractivity contribution in [1.29, 1.82) is 0 Å². The molecule has 2 aromatic rings. The zero-order valence-corrected chi connectivity index (χ0v) is 14.8. The Morgan fingerprint density at radius 3 is 2.19 bits per heavy atom. The van der Waals surface area contributed by atoms with Crippen LogP contribution in [0.3, 0.4) is 0 Å². The van der Waals surface area contributed by atoms with Gasteiger partial charge in [0.25, 0.3) is 0 Å². The molecule has 2 aromatic carbocycles. The lowest BCUT2D eigenvalue weighted by Gasteiger charge is -2.13. The van der Waals surface area contributed by atoms with Crippen LogP contribution < -0.4 is 0 Å². The number of hydrogen-bond donors (Lipinski definition) is 0. The number of halogens is 6. The second-order valence-corrected chi connectivity index (χ2v) is 6.83. The fourth-order valence-electron chi connectivity index (χ4n) is 2.98. The van der Waals surface area contributed by atoms with Crippen molar-refractivity contribution in [2.45, 2.75) is 25.4 Å². The molecular formula is C19H12Cl2F4O. The number of carbonyl (C=O) groups is 1. The monoisotopic (exact) mass is 402 g/mol. The van der Waals surface area contributed by atoms with Crippen molar-refractivity contribution >= 4 is 34.6 Å². The third-order valence-electron chi connectivity index (χ3n) is 4.26. The Balaban J connectivity index is 2.04. The molecule has 0 aliphatic heterocycles. The van der Waals surface area contributed by atoms with E-state index in [1.54, 1.807) is 12.1 Å². The lowest BCUT2D eigenvalue weighted by molar-refractivity contribution is -0.0689. The molecule has 3 rings (SSSR count). The average Bonchev–Trinajstić information content (AvgIpc) is 3.03. The van der Waals surface area contributed by atoms with Crippen molar-refractivity contribution in [1.82, 2.24) is 0 Å². The van der Waals surface area contributed by atoms with E-state index in [0.717, 1.165) is 42.5 Å². The molecule has 0 aromatic heterocycles. The third-order valence-corrected chi connectivity index (χ3v) is 4.81. The summed E-state index contributed by atoms with van der Waals surface area (Å²) in [6.07, 6.45) is -1.67. The van der Waals surface area contributed by atoms with Gasteiger partial charge in [-0.3, -0.25) is 4.79 Å². The summed E-state index contributed by atoms with van der Waals surface area (Å²) in [5.74, 6) is -1.80. The molecule has 0 atom stereocenters. The number of alkyl halides is 3. The van der Waals surface area contributed by atoms with Gasteiger partial charge in [-0.15, -0.1) is 0 Å². The smallest absolute Gasteiger partial charge is 0.289 e. The summed E-state index contributed by atoms with van der Waals surface area (Å²) >= 11 is 11.2. The van der Waals surface area contributed by atoms with E-state index < -0.39 is 39.0 Å². The summed E-state index contributed by atoms with van der Waals surface area (Å²) in [4.78, 5) is 12.4.